The molecule has 0 aliphatic carbocycles. The van der Waals surface area contributed by atoms with E-state index in [1.54, 1.807) is 18.9 Å². The van der Waals surface area contributed by atoms with E-state index in [1.807, 2.05) is 42.5 Å². The molecule has 20 heavy (non-hydrogen) atoms. The molecule has 2 aromatic carbocycles. The molecule has 0 unspecified atom stereocenters. The second-order valence-corrected chi connectivity index (χ2v) is 5.59. The van der Waals surface area contributed by atoms with E-state index in [0.29, 0.717) is 5.22 Å². The van der Waals surface area contributed by atoms with Crippen LogP contribution in [0.25, 0.3) is 11.1 Å². The van der Waals surface area contributed by atoms with Gasteiger partial charge in [0.25, 0.3) is 5.22 Å². The molecule has 0 bridgehead atoms. The molecule has 0 saturated carbocycles. The van der Waals surface area contributed by atoms with Crippen LogP contribution in [-0.4, -0.2) is 12.1 Å². The first kappa shape index (κ1) is 13.3. The number of benzene rings is 2. The van der Waals surface area contributed by atoms with Gasteiger partial charge in [-0.2, -0.15) is 0 Å². The maximum atomic E-state index is 5.86. The van der Waals surface area contributed by atoms with Gasteiger partial charge in [-0.3, -0.25) is 0 Å². The second-order valence-electron chi connectivity index (χ2n) is 4.23. The molecule has 1 heterocycles. The number of oxazole rings is 1. The summed E-state index contributed by atoms with van der Waals surface area (Å²) >= 11 is 7.42. The average molecular weight is 306 g/mol. The molecule has 0 atom stereocenters. The number of hydrogen-bond donors (Lipinski definition) is 0. The van der Waals surface area contributed by atoms with Crippen molar-refractivity contribution in [3.8, 4) is 5.75 Å². The number of nitrogens with zero attached hydrogens (tertiary/aromatic N) is 1. The van der Waals surface area contributed by atoms with Gasteiger partial charge in [0.2, 0.25) is 0 Å². The van der Waals surface area contributed by atoms with E-state index in [2.05, 4.69) is 4.98 Å². The lowest BCUT2D eigenvalue weighted by atomic mass is 10.2. The summed E-state index contributed by atoms with van der Waals surface area (Å²) < 4.78 is 10.9. The number of thioether (sulfide) groups is 1. The summed E-state index contributed by atoms with van der Waals surface area (Å²) in [5.74, 6) is 1.57. The van der Waals surface area contributed by atoms with E-state index in [0.717, 1.165) is 27.6 Å². The second kappa shape index (κ2) is 5.77. The third-order valence-electron chi connectivity index (χ3n) is 2.85. The molecule has 0 aliphatic heterocycles. The van der Waals surface area contributed by atoms with Crippen molar-refractivity contribution in [3.63, 3.8) is 0 Å². The van der Waals surface area contributed by atoms with Gasteiger partial charge in [0.1, 0.15) is 11.3 Å². The van der Waals surface area contributed by atoms with Crippen LogP contribution in [0.5, 0.6) is 5.75 Å². The molecule has 0 radical (unpaired) electrons. The Labute approximate surface area is 125 Å². The number of halogens is 1. The van der Waals surface area contributed by atoms with Crippen molar-refractivity contribution in [2.24, 2.45) is 0 Å². The molecular formula is C15H12ClNO2S. The number of rotatable bonds is 4. The van der Waals surface area contributed by atoms with Crippen LogP contribution in [0.2, 0.25) is 5.02 Å². The van der Waals surface area contributed by atoms with E-state index in [9.17, 15) is 0 Å². The summed E-state index contributed by atoms with van der Waals surface area (Å²) in [6.07, 6.45) is 0. The number of aromatic nitrogens is 1. The molecule has 0 fully saturated rings. The smallest absolute Gasteiger partial charge is 0.257 e. The van der Waals surface area contributed by atoms with Crippen molar-refractivity contribution in [2.75, 3.05) is 7.11 Å². The summed E-state index contributed by atoms with van der Waals surface area (Å²) in [5, 5.41) is 1.40. The standard InChI is InChI=1S/C15H12ClNO2S/c1-18-12-6-7-14-13(8-12)17-15(19-14)20-9-10-2-4-11(16)5-3-10/h2-8H,9H2,1H3. The van der Waals surface area contributed by atoms with Crippen LogP contribution in [-0.2, 0) is 5.75 Å². The van der Waals surface area contributed by atoms with Crippen molar-refractivity contribution >= 4 is 34.5 Å². The average Bonchev–Trinajstić information content (AvgIpc) is 2.88. The Balaban J connectivity index is 1.75. The molecule has 3 aromatic rings. The summed E-state index contributed by atoms with van der Waals surface area (Å²) in [5.41, 5.74) is 2.76. The fourth-order valence-corrected chi connectivity index (χ4v) is 2.72. The highest BCUT2D eigenvalue weighted by Gasteiger charge is 2.07. The predicted molar refractivity (Wildman–Crippen MR) is 81.6 cm³/mol. The first-order valence-corrected chi connectivity index (χ1v) is 7.43. The zero-order valence-corrected chi connectivity index (χ0v) is 12.4. The Kier molecular flexibility index (Phi) is 3.85. The molecule has 1 aromatic heterocycles. The largest absolute Gasteiger partial charge is 0.497 e. The number of hydrogen-bond acceptors (Lipinski definition) is 4. The van der Waals surface area contributed by atoms with Gasteiger partial charge in [0, 0.05) is 16.8 Å². The Bertz CT molecular complexity index is 724. The van der Waals surface area contributed by atoms with Crippen LogP contribution in [0, 0.1) is 0 Å². The van der Waals surface area contributed by atoms with Gasteiger partial charge < -0.3 is 9.15 Å². The van der Waals surface area contributed by atoms with Crippen molar-refractivity contribution in [1.29, 1.82) is 0 Å². The highest BCUT2D eigenvalue weighted by molar-refractivity contribution is 7.98. The van der Waals surface area contributed by atoms with E-state index in [-0.39, 0.29) is 0 Å². The van der Waals surface area contributed by atoms with Gasteiger partial charge in [-0.1, -0.05) is 35.5 Å². The van der Waals surface area contributed by atoms with Crippen molar-refractivity contribution in [3.05, 3.63) is 53.1 Å². The fourth-order valence-electron chi connectivity index (χ4n) is 1.80. The molecule has 3 nitrogen and oxygen atoms in total. The number of ether oxygens (including phenoxy) is 1. The maximum Gasteiger partial charge on any atom is 0.257 e. The van der Waals surface area contributed by atoms with Gasteiger partial charge in [0.15, 0.2) is 5.58 Å². The molecule has 0 amide bonds. The van der Waals surface area contributed by atoms with Crippen LogP contribution in [0.3, 0.4) is 0 Å². The molecule has 3 rings (SSSR count). The lowest BCUT2D eigenvalue weighted by molar-refractivity contribution is 0.415. The lowest BCUT2D eigenvalue weighted by Crippen LogP contribution is -1.81. The van der Waals surface area contributed by atoms with Crippen LogP contribution in [0.1, 0.15) is 5.56 Å². The van der Waals surface area contributed by atoms with E-state index < -0.39 is 0 Å². The van der Waals surface area contributed by atoms with Gasteiger partial charge in [0.05, 0.1) is 7.11 Å². The summed E-state index contributed by atoms with van der Waals surface area (Å²) in [4.78, 5) is 4.44. The molecule has 0 saturated heterocycles. The summed E-state index contributed by atoms with van der Waals surface area (Å²) in [6.45, 7) is 0. The quantitative estimate of drug-likeness (QED) is 0.650. The van der Waals surface area contributed by atoms with E-state index >= 15 is 0 Å². The van der Waals surface area contributed by atoms with Gasteiger partial charge in [-0.05, 0) is 29.8 Å². The van der Waals surface area contributed by atoms with Crippen LogP contribution in [0.15, 0.2) is 52.1 Å². The molecule has 102 valence electrons. The summed E-state index contributed by atoms with van der Waals surface area (Å²) in [7, 11) is 1.64. The SMILES string of the molecule is COc1ccc2oc(SCc3ccc(Cl)cc3)nc2c1. The molecule has 5 heteroatoms. The molecule has 0 spiro atoms. The van der Waals surface area contributed by atoms with Gasteiger partial charge >= 0.3 is 0 Å². The molecular weight excluding hydrogens is 294 g/mol. The molecule has 0 aliphatic rings. The number of fused-ring (bicyclic) bond motifs is 1. The molecule has 0 N–H and O–H groups in total. The van der Waals surface area contributed by atoms with Crippen LogP contribution >= 0.6 is 23.4 Å². The van der Waals surface area contributed by atoms with Crippen LogP contribution in [0.4, 0.5) is 0 Å². The third-order valence-corrected chi connectivity index (χ3v) is 4.00. The predicted octanol–water partition coefficient (Wildman–Crippen LogP) is 4.78. The van der Waals surface area contributed by atoms with Gasteiger partial charge in [-0.15, -0.1) is 0 Å². The monoisotopic (exact) mass is 305 g/mol. The van der Waals surface area contributed by atoms with Crippen molar-refractivity contribution in [2.45, 2.75) is 11.0 Å². The van der Waals surface area contributed by atoms with Crippen molar-refractivity contribution in [1.82, 2.24) is 4.98 Å². The Morgan fingerprint density at radius 2 is 2.00 bits per heavy atom. The number of methoxy groups -OCH3 is 1. The topological polar surface area (TPSA) is 35.3 Å². The van der Waals surface area contributed by atoms with Crippen LogP contribution < -0.4 is 4.74 Å². The summed E-state index contributed by atoms with van der Waals surface area (Å²) in [6, 6.07) is 13.4. The zero-order valence-electron chi connectivity index (χ0n) is 10.8. The Morgan fingerprint density at radius 1 is 1.20 bits per heavy atom. The van der Waals surface area contributed by atoms with Gasteiger partial charge in [-0.25, -0.2) is 4.98 Å². The minimum atomic E-state index is 0.656. The highest BCUT2D eigenvalue weighted by atomic mass is 35.5. The third kappa shape index (κ3) is 2.92. The normalized spacial score (nSPS) is 10.9. The Hall–Kier alpha value is -1.65. The lowest BCUT2D eigenvalue weighted by Gasteiger charge is -1.98. The van der Waals surface area contributed by atoms with Crippen molar-refractivity contribution < 1.29 is 9.15 Å². The maximum absolute atomic E-state index is 5.86. The zero-order chi connectivity index (χ0) is 13.9. The van der Waals surface area contributed by atoms with E-state index in [4.69, 9.17) is 20.8 Å². The highest BCUT2D eigenvalue weighted by Crippen LogP contribution is 2.28. The minimum Gasteiger partial charge on any atom is -0.497 e. The van der Waals surface area contributed by atoms with E-state index in [1.165, 1.54) is 5.56 Å². The first-order valence-electron chi connectivity index (χ1n) is 6.06. The fraction of sp³-hybridized carbons (Fsp3) is 0.133. The minimum absolute atomic E-state index is 0.656. The first-order chi connectivity index (χ1) is 9.74. The Morgan fingerprint density at radius 3 is 2.75 bits per heavy atom.